The summed E-state index contributed by atoms with van der Waals surface area (Å²) < 4.78 is 0. The van der Waals surface area contributed by atoms with Crippen LogP contribution in [0.2, 0.25) is 0 Å². The van der Waals surface area contributed by atoms with E-state index < -0.39 is 6.09 Å². The predicted molar refractivity (Wildman–Crippen MR) is 51.8 cm³/mol. The minimum absolute atomic E-state index is 0.0835. The fraction of sp³-hybridized carbons (Fsp3) is 0.444. The van der Waals surface area contributed by atoms with E-state index in [0.717, 1.165) is 0 Å². The van der Waals surface area contributed by atoms with Crippen LogP contribution in [0.5, 0.6) is 0 Å². The second kappa shape index (κ2) is 5.41. The summed E-state index contributed by atoms with van der Waals surface area (Å²) in [5.41, 5.74) is 2.74. The van der Waals surface area contributed by atoms with Crippen molar-refractivity contribution < 1.29 is 14.7 Å². The Morgan fingerprint density at radius 1 is 1.86 bits per heavy atom. The Morgan fingerprint density at radius 3 is 3.29 bits per heavy atom. The third-order valence-electron chi connectivity index (χ3n) is 1.82. The van der Waals surface area contributed by atoms with Crippen molar-refractivity contribution in [2.75, 3.05) is 19.7 Å². The Kier molecular flexibility index (Phi) is 4.15. The molecule has 0 saturated heterocycles. The van der Waals surface area contributed by atoms with Gasteiger partial charge in [0.1, 0.15) is 0 Å². The number of hydroxylamine groups is 1. The predicted octanol–water partition coefficient (Wildman–Crippen LogP) is 0.612. The first-order chi connectivity index (χ1) is 6.74. The fourth-order valence-electron chi connectivity index (χ4n) is 1.17. The van der Waals surface area contributed by atoms with E-state index in [9.17, 15) is 4.79 Å². The van der Waals surface area contributed by atoms with E-state index in [1.54, 1.807) is 12.2 Å². The second-order valence-corrected chi connectivity index (χ2v) is 2.94. The minimum atomic E-state index is -0.912. The van der Waals surface area contributed by atoms with Gasteiger partial charge in [0.15, 0.2) is 0 Å². The lowest BCUT2D eigenvalue weighted by Gasteiger charge is -2.26. The van der Waals surface area contributed by atoms with Crippen LogP contribution in [-0.4, -0.2) is 41.8 Å². The van der Waals surface area contributed by atoms with Gasteiger partial charge < -0.3 is 10.0 Å². The lowest BCUT2D eigenvalue weighted by atomic mass is 10.2. The van der Waals surface area contributed by atoms with Crippen molar-refractivity contribution >= 4 is 6.09 Å². The van der Waals surface area contributed by atoms with Crippen molar-refractivity contribution in [1.82, 2.24) is 10.4 Å². The minimum Gasteiger partial charge on any atom is -0.465 e. The van der Waals surface area contributed by atoms with Gasteiger partial charge >= 0.3 is 6.09 Å². The molecule has 1 aliphatic rings. The third-order valence-corrected chi connectivity index (χ3v) is 1.82. The smallest absolute Gasteiger partial charge is 0.407 e. The highest BCUT2D eigenvalue weighted by molar-refractivity contribution is 5.65. The Labute approximate surface area is 82.6 Å². The molecule has 1 unspecified atom stereocenters. The Hall–Kier alpha value is -1.33. The van der Waals surface area contributed by atoms with Gasteiger partial charge in [0.05, 0.1) is 12.6 Å². The summed E-state index contributed by atoms with van der Waals surface area (Å²) in [6.07, 6.45) is 4.40. The number of hydrogen-bond acceptors (Lipinski definition) is 3. The van der Waals surface area contributed by atoms with Crippen LogP contribution in [-0.2, 0) is 4.84 Å². The number of hydrogen-bond donors (Lipinski definition) is 2. The fourth-order valence-corrected chi connectivity index (χ4v) is 1.17. The maximum absolute atomic E-state index is 10.6. The maximum atomic E-state index is 10.6. The molecule has 0 fully saturated rings. The number of nitrogens with zero attached hydrogens (tertiary/aromatic N) is 1. The van der Waals surface area contributed by atoms with Crippen LogP contribution in [0.3, 0.4) is 0 Å². The van der Waals surface area contributed by atoms with Crippen LogP contribution in [0, 0.1) is 0 Å². The number of rotatable bonds is 4. The third kappa shape index (κ3) is 3.20. The molecule has 0 bridgehead atoms. The zero-order valence-electron chi connectivity index (χ0n) is 7.85. The Morgan fingerprint density at radius 2 is 2.64 bits per heavy atom. The SMILES string of the molecule is C=CCONC1C=CCN(C(=O)O)C1. The van der Waals surface area contributed by atoms with E-state index >= 15 is 0 Å². The summed E-state index contributed by atoms with van der Waals surface area (Å²) in [4.78, 5) is 17.0. The molecule has 1 aliphatic heterocycles. The van der Waals surface area contributed by atoms with Gasteiger partial charge in [-0.15, -0.1) is 6.58 Å². The van der Waals surface area contributed by atoms with Gasteiger partial charge in [-0.05, 0) is 0 Å². The quantitative estimate of drug-likeness (QED) is 0.395. The first-order valence-electron chi connectivity index (χ1n) is 4.36. The zero-order valence-corrected chi connectivity index (χ0v) is 7.85. The average Bonchev–Trinajstić information content (AvgIpc) is 2.19. The van der Waals surface area contributed by atoms with E-state index in [-0.39, 0.29) is 6.04 Å². The molecule has 0 aromatic rings. The zero-order chi connectivity index (χ0) is 10.4. The molecule has 0 spiro atoms. The molecule has 0 radical (unpaired) electrons. The van der Waals surface area contributed by atoms with E-state index in [1.807, 2.05) is 6.08 Å². The van der Waals surface area contributed by atoms with Crippen molar-refractivity contribution in [2.24, 2.45) is 0 Å². The Bertz CT molecular complexity index is 240. The molecule has 0 saturated carbocycles. The summed E-state index contributed by atoms with van der Waals surface area (Å²) in [7, 11) is 0. The highest BCUT2D eigenvalue weighted by atomic mass is 16.6. The van der Waals surface area contributed by atoms with E-state index in [4.69, 9.17) is 9.94 Å². The first kappa shape index (κ1) is 10.7. The average molecular weight is 198 g/mol. The van der Waals surface area contributed by atoms with Crippen LogP contribution in [0.1, 0.15) is 0 Å². The van der Waals surface area contributed by atoms with Gasteiger partial charge in [0.25, 0.3) is 0 Å². The lowest BCUT2D eigenvalue weighted by Crippen LogP contribution is -2.45. The maximum Gasteiger partial charge on any atom is 0.407 e. The van der Waals surface area contributed by atoms with Gasteiger partial charge in [-0.25, -0.2) is 4.79 Å². The van der Waals surface area contributed by atoms with Crippen LogP contribution >= 0.6 is 0 Å². The summed E-state index contributed by atoms with van der Waals surface area (Å²) >= 11 is 0. The van der Waals surface area contributed by atoms with Crippen molar-refractivity contribution in [2.45, 2.75) is 6.04 Å². The van der Waals surface area contributed by atoms with Crippen molar-refractivity contribution in [3.05, 3.63) is 24.8 Å². The molecule has 14 heavy (non-hydrogen) atoms. The van der Waals surface area contributed by atoms with Crippen molar-refractivity contribution in [3.63, 3.8) is 0 Å². The summed E-state index contributed by atoms with van der Waals surface area (Å²) in [5.74, 6) is 0. The molecular weight excluding hydrogens is 184 g/mol. The van der Waals surface area contributed by atoms with Crippen molar-refractivity contribution in [1.29, 1.82) is 0 Å². The number of carbonyl (C=O) groups is 1. The Balaban J connectivity index is 2.33. The molecule has 0 aromatic heterocycles. The molecular formula is C9H14N2O3. The molecule has 0 aliphatic carbocycles. The largest absolute Gasteiger partial charge is 0.465 e. The summed E-state index contributed by atoms with van der Waals surface area (Å²) in [5, 5.41) is 8.73. The standard InChI is InChI=1S/C9H14N2O3/c1-2-6-14-10-8-4-3-5-11(7-8)9(12)13/h2-4,8,10H,1,5-7H2,(H,12,13). The van der Waals surface area contributed by atoms with Gasteiger partial charge in [-0.2, -0.15) is 5.48 Å². The normalized spacial score (nSPS) is 20.9. The van der Waals surface area contributed by atoms with Crippen LogP contribution in [0.25, 0.3) is 0 Å². The van der Waals surface area contributed by atoms with Gasteiger partial charge in [-0.3, -0.25) is 4.84 Å². The number of carboxylic acid groups (broad SMARTS) is 1. The lowest BCUT2D eigenvalue weighted by molar-refractivity contribution is 0.0357. The molecule has 78 valence electrons. The van der Waals surface area contributed by atoms with Crippen molar-refractivity contribution in [3.8, 4) is 0 Å². The number of amides is 1. The molecule has 1 atom stereocenters. The summed E-state index contributed by atoms with van der Waals surface area (Å²) in [6.45, 7) is 4.74. The molecule has 1 amide bonds. The van der Waals surface area contributed by atoms with E-state index in [0.29, 0.717) is 19.7 Å². The monoisotopic (exact) mass is 198 g/mol. The molecule has 0 aromatic carbocycles. The highest BCUT2D eigenvalue weighted by Crippen LogP contribution is 2.02. The second-order valence-electron chi connectivity index (χ2n) is 2.94. The number of nitrogens with one attached hydrogen (secondary N) is 1. The van der Waals surface area contributed by atoms with Gasteiger partial charge in [0.2, 0.25) is 0 Å². The first-order valence-corrected chi connectivity index (χ1v) is 4.36. The van der Waals surface area contributed by atoms with Crippen LogP contribution in [0.4, 0.5) is 4.79 Å². The topological polar surface area (TPSA) is 61.8 Å². The highest BCUT2D eigenvalue weighted by Gasteiger charge is 2.18. The molecule has 1 rings (SSSR count). The molecule has 5 heteroatoms. The summed E-state index contributed by atoms with van der Waals surface area (Å²) in [6, 6.07) is -0.0835. The van der Waals surface area contributed by atoms with Crippen LogP contribution < -0.4 is 5.48 Å². The molecule has 1 heterocycles. The molecule has 2 N–H and O–H groups in total. The van der Waals surface area contributed by atoms with Gasteiger partial charge in [0, 0.05) is 13.1 Å². The van der Waals surface area contributed by atoms with Gasteiger partial charge in [-0.1, -0.05) is 18.2 Å². The molecule has 5 nitrogen and oxygen atoms in total. The van der Waals surface area contributed by atoms with E-state index in [2.05, 4.69) is 12.1 Å². The van der Waals surface area contributed by atoms with Crippen LogP contribution in [0.15, 0.2) is 24.8 Å². The van der Waals surface area contributed by atoms with E-state index in [1.165, 1.54) is 4.90 Å².